The molecule has 0 spiro atoms. The summed E-state index contributed by atoms with van der Waals surface area (Å²) in [5, 5.41) is 0. The number of amides is 2. The Labute approximate surface area is 166 Å². The number of carbonyl (C=O) groups is 2. The summed E-state index contributed by atoms with van der Waals surface area (Å²) in [6.45, 7) is 7.18. The van der Waals surface area contributed by atoms with Gasteiger partial charge < -0.3 is 14.5 Å². The van der Waals surface area contributed by atoms with Gasteiger partial charge in [-0.25, -0.2) is 9.18 Å². The molecule has 1 aromatic carbocycles. The van der Waals surface area contributed by atoms with Gasteiger partial charge in [-0.3, -0.25) is 9.69 Å². The van der Waals surface area contributed by atoms with E-state index in [0.29, 0.717) is 26.2 Å². The Bertz CT molecular complexity index is 667. The molecule has 1 atom stereocenters. The normalized spacial score (nSPS) is 21.3. The molecule has 1 unspecified atom stereocenters. The molecule has 2 aliphatic heterocycles. The number of hydrogen-bond acceptors (Lipinski definition) is 4. The lowest BCUT2D eigenvalue weighted by molar-refractivity contribution is -0.136. The number of benzene rings is 1. The van der Waals surface area contributed by atoms with E-state index in [1.54, 1.807) is 11.8 Å². The summed E-state index contributed by atoms with van der Waals surface area (Å²) >= 11 is 0. The van der Waals surface area contributed by atoms with Crippen LogP contribution in [-0.4, -0.2) is 72.6 Å². The molecule has 0 bridgehead atoms. The molecule has 3 rings (SSSR count). The molecular weight excluding hydrogens is 361 g/mol. The molecule has 154 valence electrons. The molecule has 2 aliphatic rings. The number of carbonyl (C=O) groups excluding carboxylic acids is 2. The van der Waals surface area contributed by atoms with Gasteiger partial charge in [-0.05, 0) is 43.9 Å². The highest BCUT2D eigenvalue weighted by Crippen LogP contribution is 2.21. The molecule has 2 heterocycles. The van der Waals surface area contributed by atoms with Gasteiger partial charge in [0.25, 0.3) is 0 Å². The summed E-state index contributed by atoms with van der Waals surface area (Å²) < 4.78 is 18.2. The highest BCUT2D eigenvalue weighted by molar-refractivity contribution is 5.80. The lowest BCUT2D eigenvalue weighted by atomic mass is 9.96. The van der Waals surface area contributed by atoms with Gasteiger partial charge >= 0.3 is 6.09 Å². The Kier molecular flexibility index (Phi) is 7.25. The number of piperidine rings is 1. The van der Waals surface area contributed by atoms with E-state index in [1.807, 2.05) is 17.0 Å². The number of ether oxygens (including phenoxy) is 1. The molecule has 2 amide bonds. The zero-order valence-electron chi connectivity index (χ0n) is 16.6. The molecule has 0 N–H and O–H groups in total. The maximum absolute atomic E-state index is 13.1. The lowest BCUT2D eigenvalue weighted by Crippen LogP contribution is -2.47. The van der Waals surface area contributed by atoms with Crippen molar-refractivity contribution in [3.8, 4) is 0 Å². The average Bonchev–Trinajstić information content (AvgIpc) is 2.95. The highest BCUT2D eigenvalue weighted by Gasteiger charge is 2.32. The van der Waals surface area contributed by atoms with Gasteiger partial charge in [0, 0.05) is 45.8 Å². The summed E-state index contributed by atoms with van der Waals surface area (Å²) in [7, 11) is 0. The van der Waals surface area contributed by atoms with Crippen molar-refractivity contribution in [3.63, 3.8) is 0 Å². The van der Waals surface area contributed by atoms with Gasteiger partial charge in [0.05, 0.1) is 12.5 Å². The van der Waals surface area contributed by atoms with Crippen LogP contribution in [-0.2, 0) is 16.1 Å². The van der Waals surface area contributed by atoms with Crippen molar-refractivity contribution >= 4 is 12.0 Å². The Morgan fingerprint density at radius 2 is 1.79 bits per heavy atom. The number of likely N-dealkylation sites (tertiary alicyclic amines) is 1. The van der Waals surface area contributed by atoms with Crippen LogP contribution in [0.15, 0.2) is 24.3 Å². The largest absolute Gasteiger partial charge is 0.450 e. The Morgan fingerprint density at radius 1 is 1.04 bits per heavy atom. The van der Waals surface area contributed by atoms with E-state index in [4.69, 9.17) is 4.74 Å². The van der Waals surface area contributed by atoms with E-state index >= 15 is 0 Å². The van der Waals surface area contributed by atoms with Crippen molar-refractivity contribution in [2.75, 3.05) is 45.9 Å². The van der Waals surface area contributed by atoms with Crippen LogP contribution in [0.4, 0.5) is 9.18 Å². The molecule has 0 aromatic heterocycles. The maximum Gasteiger partial charge on any atom is 0.409 e. The molecule has 6 nitrogen and oxygen atoms in total. The van der Waals surface area contributed by atoms with E-state index in [0.717, 1.165) is 51.0 Å². The first kappa shape index (κ1) is 20.6. The van der Waals surface area contributed by atoms with E-state index in [1.165, 1.54) is 12.1 Å². The fourth-order valence-corrected chi connectivity index (χ4v) is 4.01. The molecule has 7 heteroatoms. The van der Waals surface area contributed by atoms with Crippen molar-refractivity contribution in [3.05, 3.63) is 35.6 Å². The minimum atomic E-state index is -0.318. The summed E-state index contributed by atoms with van der Waals surface area (Å²) in [6.07, 6.45) is 2.26. The highest BCUT2D eigenvalue weighted by atomic mass is 19.1. The van der Waals surface area contributed by atoms with Crippen molar-refractivity contribution in [1.82, 2.24) is 14.7 Å². The maximum atomic E-state index is 13.1. The summed E-state index contributed by atoms with van der Waals surface area (Å²) in [4.78, 5) is 30.9. The van der Waals surface area contributed by atoms with Crippen LogP contribution < -0.4 is 0 Å². The van der Waals surface area contributed by atoms with Crippen molar-refractivity contribution in [1.29, 1.82) is 0 Å². The van der Waals surface area contributed by atoms with Crippen LogP contribution in [0.2, 0.25) is 0 Å². The third-order valence-electron chi connectivity index (χ3n) is 5.52. The van der Waals surface area contributed by atoms with Crippen LogP contribution in [0, 0.1) is 11.7 Å². The van der Waals surface area contributed by atoms with Gasteiger partial charge in [-0.2, -0.15) is 0 Å². The second kappa shape index (κ2) is 9.87. The third kappa shape index (κ3) is 5.44. The summed E-state index contributed by atoms with van der Waals surface area (Å²) in [6, 6.07) is 6.60. The minimum Gasteiger partial charge on any atom is -0.450 e. The quantitative estimate of drug-likeness (QED) is 0.792. The SMILES string of the molecule is CCOC(=O)N1CCCC(C(=O)N2CCCN(Cc3ccc(F)cc3)CC2)C1. The first-order chi connectivity index (χ1) is 13.6. The predicted molar refractivity (Wildman–Crippen MR) is 104 cm³/mol. The zero-order valence-corrected chi connectivity index (χ0v) is 16.6. The van der Waals surface area contributed by atoms with E-state index in [-0.39, 0.29) is 23.7 Å². The first-order valence-corrected chi connectivity index (χ1v) is 10.2. The van der Waals surface area contributed by atoms with Crippen LogP contribution in [0.5, 0.6) is 0 Å². The van der Waals surface area contributed by atoms with Crippen LogP contribution in [0.25, 0.3) is 0 Å². The second-order valence-corrected chi connectivity index (χ2v) is 7.57. The minimum absolute atomic E-state index is 0.137. The molecule has 0 radical (unpaired) electrons. The first-order valence-electron chi connectivity index (χ1n) is 10.2. The van der Waals surface area contributed by atoms with Crippen LogP contribution in [0.1, 0.15) is 31.7 Å². The van der Waals surface area contributed by atoms with E-state index in [9.17, 15) is 14.0 Å². The van der Waals surface area contributed by atoms with E-state index < -0.39 is 0 Å². The fourth-order valence-electron chi connectivity index (χ4n) is 4.01. The van der Waals surface area contributed by atoms with Gasteiger partial charge in [-0.1, -0.05) is 12.1 Å². The van der Waals surface area contributed by atoms with Gasteiger partial charge in [0.2, 0.25) is 5.91 Å². The Morgan fingerprint density at radius 3 is 2.54 bits per heavy atom. The van der Waals surface area contributed by atoms with Gasteiger partial charge in [0.1, 0.15) is 5.82 Å². The van der Waals surface area contributed by atoms with Gasteiger partial charge in [-0.15, -0.1) is 0 Å². The number of hydrogen-bond donors (Lipinski definition) is 0. The average molecular weight is 391 g/mol. The number of rotatable bonds is 4. The monoisotopic (exact) mass is 391 g/mol. The molecule has 1 aromatic rings. The van der Waals surface area contributed by atoms with Crippen molar-refractivity contribution in [2.45, 2.75) is 32.7 Å². The molecule has 0 aliphatic carbocycles. The zero-order chi connectivity index (χ0) is 19.9. The van der Waals surface area contributed by atoms with Gasteiger partial charge in [0.15, 0.2) is 0 Å². The molecule has 28 heavy (non-hydrogen) atoms. The van der Waals surface area contributed by atoms with Crippen LogP contribution in [0.3, 0.4) is 0 Å². The molecule has 0 saturated carbocycles. The second-order valence-electron chi connectivity index (χ2n) is 7.57. The molecule has 2 saturated heterocycles. The Balaban J connectivity index is 1.52. The predicted octanol–water partition coefficient (Wildman–Crippen LogP) is 2.73. The van der Waals surface area contributed by atoms with Crippen molar-refractivity contribution in [2.24, 2.45) is 5.92 Å². The molecular formula is C21H30FN3O3. The smallest absolute Gasteiger partial charge is 0.409 e. The number of halogens is 1. The Hall–Kier alpha value is -2.15. The van der Waals surface area contributed by atoms with Crippen LogP contribution >= 0.6 is 0 Å². The summed E-state index contributed by atoms with van der Waals surface area (Å²) in [5.41, 5.74) is 1.08. The van der Waals surface area contributed by atoms with E-state index in [2.05, 4.69) is 4.90 Å². The topological polar surface area (TPSA) is 53.1 Å². The fraction of sp³-hybridized carbons (Fsp3) is 0.619. The third-order valence-corrected chi connectivity index (χ3v) is 5.52. The van der Waals surface area contributed by atoms with Crippen molar-refractivity contribution < 1.29 is 18.7 Å². The lowest BCUT2D eigenvalue weighted by Gasteiger charge is -2.34. The summed E-state index contributed by atoms with van der Waals surface area (Å²) in [5.74, 6) is -0.208. The standard InChI is InChI=1S/C21H30FN3O3/c1-2-28-21(27)25-11-3-5-18(16-25)20(26)24-12-4-10-23(13-14-24)15-17-6-8-19(22)9-7-17/h6-9,18H,2-5,10-16H2,1H3. The number of nitrogens with zero attached hydrogens (tertiary/aromatic N) is 3. The molecule has 2 fully saturated rings.